The maximum Gasteiger partial charge on any atom is 0.0621 e. The van der Waals surface area contributed by atoms with Crippen molar-refractivity contribution in [2.45, 2.75) is 26.2 Å². The van der Waals surface area contributed by atoms with Gasteiger partial charge in [-0.05, 0) is 42.6 Å². The van der Waals surface area contributed by atoms with Crippen LogP contribution in [0.2, 0.25) is 0 Å². The van der Waals surface area contributed by atoms with Crippen LogP contribution in [0.4, 0.5) is 0 Å². The van der Waals surface area contributed by atoms with Gasteiger partial charge in [0, 0.05) is 6.42 Å². The van der Waals surface area contributed by atoms with Gasteiger partial charge in [0.25, 0.3) is 0 Å². The fraction of sp³-hybridized carbons (Fsp3) is 0.357. The van der Waals surface area contributed by atoms with Gasteiger partial charge in [-0.3, -0.25) is 0 Å². The molecule has 16 heavy (non-hydrogen) atoms. The Labute approximate surface area is 102 Å². The molecule has 1 nitrogen and oxygen atoms in total. The summed E-state index contributed by atoms with van der Waals surface area (Å²) in [5.74, 6) is 0. The summed E-state index contributed by atoms with van der Waals surface area (Å²) in [6.07, 6.45) is 4.63. The summed E-state index contributed by atoms with van der Waals surface area (Å²) in [6, 6.07) is 10.8. The Morgan fingerprint density at radius 2 is 2.06 bits per heavy atom. The first kappa shape index (κ1) is 12.9. The van der Waals surface area contributed by atoms with E-state index in [0.717, 1.165) is 12.8 Å². The second-order valence-corrected chi connectivity index (χ2v) is 4.46. The minimum atomic E-state index is 0.636. The Morgan fingerprint density at radius 3 is 2.62 bits per heavy atom. The van der Waals surface area contributed by atoms with E-state index < -0.39 is 0 Å². The van der Waals surface area contributed by atoms with Crippen molar-refractivity contribution in [1.29, 1.82) is 5.26 Å². The van der Waals surface area contributed by atoms with Crippen LogP contribution in [0.5, 0.6) is 0 Å². The smallest absolute Gasteiger partial charge is 0.0621 e. The topological polar surface area (TPSA) is 23.8 Å². The van der Waals surface area contributed by atoms with E-state index in [1.807, 2.05) is 0 Å². The van der Waals surface area contributed by atoms with Crippen molar-refractivity contribution in [3.05, 3.63) is 40.8 Å². The minimum Gasteiger partial charge on any atom is -0.198 e. The lowest BCUT2D eigenvalue weighted by atomic mass is 10.0. The molecule has 0 aliphatic rings. The van der Waals surface area contributed by atoms with Crippen LogP contribution >= 0.6 is 11.8 Å². The molecule has 0 aromatic heterocycles. The predicted octanol–water partition coefficient (Wildman–Crippen LogP) is 4.39. The Hall–Kier alpha value is -1.20. The molecular weight excluding hydrogens is 214 g/mol. The number of benzene rings is 1. The Kier molecular flexibility index (Phi) is 5.74. The van der Waals surface area contributed by atoms with Crippen LogP contribution in [0.3, 0.4) is 0 Å². The number of nitrogens with zero attached hydrogens (tertiary/aromatic N) is 1. The highest BCUT2D eigenvalue weighted by Gasteiger charge is 2.01. The molecule has 0 unspecified atom stereocenters. The minimum absolute atomic E-state index is 0.636. The summed E-state index contributed by atoms with van der Waals surface area (Å²) < 4.78 is 0. The zero-order valence-corrected chi connectivity index (χ0v) is 10.7. The van der Waals surface area contributed by atoms with E-state index in [0.29, 0.717) is 6.42 Å². The van der Waals surface area contributed by atoms with E-state index in [1.54, 1.807) is 11.8 Å². The number of nitriles is 1. The lowest BCUT2D eigenvalue weighted by Gasteiger charge is -2.06. The third-order valence-electron chi connectivity index (χ3n) is 2.42. The number of allylic oxidation sites excluding steroid dienone is 1. The predicted molar refractivity (Wildman–Crippen MR) is 72.1 cm³/mol. The zero-order valence-electron chi connectivity index (χ0n) is 9.86. The van der Waals surface area contributed by atoms with Crippen molar-refractivity contribution >= 4 is 17.3 Å². The van der Waals surface area contributed by atoms with Crippen molar-refractivity contribution in [2.24, 2.45) is 0 Å². The van der Waals surface area contributed by atoms with Gasteiger partial charge in [0.05, 0.1) is 6.07 Å². The first-order chi connectivity index (χ1) is 7.77. The van der Waals surface area contributed by atoms with Gasteiger partial charge in [-0.25, -0.2) is 0 Å². The van der Waals surface area contributed by atoms with Gasteiger partial charge >= 0.3 is 0 Å². The third-order valence-corrected chi connectivity index (χ3v) is 2.94. The van der Waals surface area contributed by atoms with Crippen LogP contribution < -0.4 is 0 Å². The molecule has 0 saturated heterocycles. The second-order valence-electron chi connectivity index (χ2n) is 3.76. The van der Waals surface area contributed by atoms with Crippen LogP contribution in [-0.4, -0.2) is 6.26 Å². The summed E-state index contributed by atoms with van der Waals surface area (Å²) >= 11 is 1.72. The molecule has 1 rings (SSSR count). The summed E-state index contributed by atoms with van der Waals surface area (Å²) in [6.45, 7) is 2.09. The largest absolute Gasteiger partial charge is 0.198 e. The van der Waals surface area contributed by atoms with E-state index >= 15 is 0 Å². The maximum absolute atomic E-state index is 8.54. The monoisotopic (exact) mass is 231 g/mol. The van der Waals surface area contributed by atoms with Gasteiger partial charge in [0.2, 0.25) is 0 Å². The van der Waals surface area contributed by atoms with E-state index in [1.165, 1.54) is 16.7 Å². The van der Waals surface area contributed by atoms with Gasteiger partial charge in [0.1, 0.15) is 0 Å². The van der Waals surface area contributed by atoms with Gasteiger partial charge < -0.3 is 0 Å². The van der Waals surface area contributed by atoms with Crippen LogP contribution in [-0.2, 0) is 0 Å². The highest BCUT2D eigenvalue weighted by molar-refractivity contribution is 8.01. The first-order valence-electron chi connectivity index (χ1n) is 5.43. The summed E-state index contributed by atoms with van der Waals surface area (Å²) in [7, 11) is 0. The zero-order chi connectivity index (χ0) is 11.8. The van der Waals surface area contributed by atoms with Crippen LogP contribution in [0.25, 0.3) is 5.57 Å². The molecule has 0 N–H and O–H groups in total. The van der Waals surface area contributed by atoms with E-state index in [2.05, 4.69) is 48.9 Å². The molecule has 84 valence electrons. The third kappa shape index (κ3) is 4.12. The number of rotatable bonds is 5. The van der Waals surface area contributed by atoms with E-state index in [9.17, 15) is 0 Å². The second kappa shape index (κ2) is 7.14. The number of unbranched alkanes of at least 4 members (excludes halogenated alkanes) is 1. The van der Waals surface area contributed by atoms with Gasteiger partial charge in [0.15, 0.2) is 0 Å². The molecule has 0 amide bonds. The van der Waals surface area contributed by atoms with Crippen molar-refractivity contribution in [2.75, 3.05) is 6.26 Å². The van der Waals surface area contributed by atoms with E-state index in [4.69, 9.17) is 5.26 Å². The average molecular weight is 231 g/mol. The maximum atomic E-state index is 8.54. The number of aryl methyl sites for hydroxylation is 1. The van der Waals surface area contributed by atoms with Crippen LogP contribution in [0.1, 0.15) is 30.4 Å². The molecule has 0 aliphatic heterocycles. The van der Waals surface area contributed by atoms with Crippen LogP contribution in [0.15, 0.2) is 29.7 Å². The Morgan fingerprint density at radius 1 is 1.38 bits per heavy atom. The lowest BCUT2D eigenvalue weighted by molar-refractivity contribution is 0.889. The summed E-state index contributed by atoms with van der Waals surface area (Å²) in [5, 5.41) is 10.7. The number of hydrogen-bond donors (Lipinski definition) is 0. The Bertz CT molecular complexity index is 384. The Balaban J connectivity index is 2.74. The van der Waals surface area contributed by atoms with E-state index in [-0.39, 0.29) is 0 Å². The number of thioether (sulfide) groups is 1. The highest BCUT2D eigenvalue weighted by atomic mass is 32.2. The SMILES string of the molecule is CSC=C(CCCC#N)c1ccc(C)cc1. The average Bonchev–Trinajstić information content (AvgIpc) is 2.29. The molecule has 0 spiro atoms. The van der Waals surface area contributed by atoms with Gasteiger partial charge in [-0.2, -0.15) is 5.26 Å². The molecule has 0 bridgehead atoms. The first-order valence-corrected chi connectivity index (χ1v) is 6.72. The standard InChI is InChI=1S/C14H17NS/c1-12-6-8-13(9-7-12)14(11-16-2)5-3-4-10-15/h6-9,11H,3-5H2,1-2H3. The molecule has 0 radical (unpaired) electrons. The lowest BCUT2D eigenvalue weighted by Crippen LogP contribution is -1.85. The van der Waals surface area contributed by atoms with Crippen molar-refractivity contribution in [3.63, 3.8) is 0 Å². The summed E-state index contributed by atoms with van der Waals surface area (Å²) in [4.78, 5) is 0. The van der Waals surface area contributed by atoms with Gasteiger partial charge in [-0.1, -0.05) is 29.8 Å². The molecule has 0 saturated carbocycles. The molecule has 0 aliphatic carbocycles. The fourth-order valence-electron chi connectivity index (χ4n) is 1.54. The normalized spacial score (nSPS) is 11.2. The van der Waals surface area contributed by atoms with Crippen molar-refractivity contribution < 1.29 is 0 Å². The molecule has 1 aromatic rings. The quantitative estimate of drug-likeness (QED) is 0.702. The molecule has 0 fully saturated rings. The summed E-state index contributed by atoms with van der Waals surface area (Å²) in [5.41, 5.74) is 3.89. The molecule has 0 heterocycles. The molecule has 0 atom stereocenters. The van der Waals surface area contributed by atoms with Crippen LogP contribution in [0, 0.1) is 18.3 Å². The molecule has 1 aromatic carbocycles. The van der Waals surface area contributed by atoms with Crippen molar-refractivity contribution in [1.82, 2.24) is 0 Å². The van der Waals surface area contributed by atoms with Gasteiger partial charge in [-0.15, -0.1) is 11.8 Å². The van der Waals surface area contributed by atoms with Crippen molar-refractivity contribution in [3.8, 4) is 6.07 Å². The fourth-order valence-corrected chi connectivity index (χ4v) is 2.08. The highest BCUT2D eigenvalue weighted by Crippen LogP contribution is 2.23. The molecule has 2 heteroatoms. The molecular formula is C14H17NS. The number of hydrogen-bond acceptors (Lipinski definition) is 2.